The normalized spacial score (nSPS) is 28.6. The minimum Gasteiger partial charge on any atom is -0.343 e. The van der Waals surface area contributed by atoms with Gasteiger partial charge in [0.05, 0.1) is 0 Å². The number of fused-ring (bicyclic) bond motifs is 2. The number of rotatable bonds is 20. The van der Waals surface area contributed by atoms with Gasteiger partial charge in [-0.2, -0.15) is 0 Å². The van der Waals surface area contributed by atoms with Crippen molar-refractivity contribution in [2.24, 2.45) is 47.0 Å². The third-order valence-electron chi connectivity index (χ3n) is 18.0. The zero-order chi connectivity index (χ0) is 63.0. The molecule has 0 aromatic carbocycles. The van der Waals surface area contributed by atoms with E-state index in [-0.39, 0.29) is 87.1 Å². The van der Waals surface area contributed by atoms with Crippen LogP contribution in [0.25, 0.3) is 0 Å². The number of unbranched alkanes of at least 4 members (excludes halogenated alkanes) is 2. The summed E-state index contributed by atoms with van der Waals surface area (Å²) >= 11 is 0. The van der Waals surface area contributed by atoms with Crippen LogP contribution >= 0.6 is 0 Å². The minimum absolute atomic E-state index is 0.0888. The number of carbonyl (C=O) groups excluding carboxylic acids is 10. The summed E-state index contributed by atoms with van der Waals surface area (Å²) in [6.07, 6.45) is 14.8. The molecule has 3 aliphatic heterocycles. The summed E-state index contributed by atoms with van der Waals surface area (Å²) in [6.45, 7) is 16.4. The van der Waals surface area contributed by atoms with Gasteiger partial charge >= 0.3 is 0 Å². The van der Waals surface area contributed by atoms with E-state index in [2.05, 4.69) is 42.5 Å². The Bertz CT molecular complexity index is 2080. The first kappa shape index (κ1) is 71.4. The van der Waals surface area contributed by atoms with Gasteiger partial charge in [0.15, 0.2) is 0 Å². The molecule has 2 saturated carbocycles. The summed E-state index contributed by atoms with van der Waals surface area (Å²) in [7, 11) is 0. The van der Waals surface area contributed by atoms with Gasteiger partial charge in [-0.25, -0.2) is 0 Å². The van der Waals surface area contributed by atoms with Crippen LogP contribution in [-0.2, 0) is 47.9 Å². The molecule has 12 N–H and O–H groups in total. The topological polar surface area (TPSA) is 325 Å². The van der Waals surface area contributed by atoms with Crippen LogP contribution in [-0.4, -0.2) is 155 Å². The summed E-state index contributed by atoms with van der Waals surface area (Å²) in [5, 5.41) is 23.8. The van der Waals surface area contributed by atoms with Gasteiger partial charge < -0.3 is 63.8 Å². The molecule has 0 bridgehead atoms. The third-order valence-corrected chi connectivity index (χ3v) is 18.0. The molecule has 0 aromatic rings. The molecule has 3 saturated heterocycles. The van der Waals surface area contributed by atoms with Crippen molar-refractivity contribution in [3.8, 4) is 0 Å². The maximum absolute atomic E-state index is 14.9. The molecule has 5 fully saturated rings. The Morgan fingerprint density at radius 1 is 0.337 bits per heavy atom. The first-order chi connectivity index (χ1) is 41.0. The van der Waals surface area contributed by atoms with Gasteiger partial charge in [0.1, 0.15) is 60.4 Å². The van der Waals surface area contributed by atoms with Crippen LogP contribution in [0.4, 0.5) is 0 Å². The summed E-state index contributed by atoms with van der Waals surface area (Å²) in [6, 6.07) is -10.8. The first-order valence-electron chi connectivity index (χ1n) is 33.4. The van der Waals surface area contributed by atoms with Gasteiger partial charge in [0.25, 0.3) is 0 Å². The molecule has 10 atom stereocenters. The van der Waals surface area contributed by atoms with Crippen LogP contribution in [0.5, 0.6) is 0 Å². The van der Waals surface area contributed by atoms with E-state index in [1.165, 1.54) is 9.80 Å². The molecule has 5 rings (SSSR count). The highest BCUT2D eigenvalue weighted by molar-refractivity contribution is 6.00. The number of nitrogens with one attached hydrogen (secondary N) is 8. The van der Waals surface area contributed by atoms with Crippen LogP contribution in [0, 0.1) is 35.5 Å². The Kier molecular flexibility index (Phi) is 30.0. The Hall–Kier alpha value is -5.38. The van der Waals surface area contributed by atoms with E-state index in [4.69, 9.17) is 11.5 Å². The zero-order valence-electron chi connectivity index (χ0n) is 53.6. The highest BCUT2D eigenvalue weighted by Crippen LogP contribution is 2.30. The first-order valence-corrected chi connectivity index (χ1v) is 33.4. The smallest absolute Gasteiger partial charge is 0.245 e. The zero-order valence-corrected chi connectivity index (χ0v) is 53.6. The van der Waals surface area contributed by atoms with E-state index in [0.717, 1.165) is 64.2 Å². The molecule has 22 nitrogen and oxygen atoms in total. The van der Waals surface area contributed by atoms with Crippen molar-refractivity contribution in [3.63, 3.8) is 0 Å². The van der Waals surface area contributed by atoms with E-state index in [9.17, 15) is 47.9 Å². The third kappa shape index (κ3) is 22.6. The molecule has 0 spiro atoms. The molecular formula is C64H112N12O10. The fourth-order valence-electron chi connectivity index (χ4n) is 13.5. The van der Waals surface area contributed by atoms with Crippen molar-refractivity contribution in [2.45, 2.75) is 283 Å². The van der Waals surface area contributed by atoms with Crippen molar-refractivity contribution in [1.82, 2.24) is 52.3 Å². The van der Waals surface area contributed by atoms with Crippen LogP contribution in [0.1, 0.15) is 222 Å². The Morgan fingerprint density at radius 3 is 0.942 bits per heavy atom. The average Bonchev–Trinajstić information content (AvgIpc) is 2.86. The van der Waals surface area contributed by atoms with Crippen molar-refractivity contribution in [2.75, 3.05) is 26.2 Å². The molecule has 22 heteroatoms. The quantitative estimate of drug-likeness (QED) is 0.0766. The highest BCUT2D eigenvalue weighted by atomic mass is 16.2. The number of hydrogen-bond acceptors (Lipinski definition) is 12. The molecule has 10 amide bonds. The van der Waals surface area contributed by atoms with Crippen LogP contribution in [0.15, 0.2) is 0 Å². The lowest BCUT2D eigenvalue weighted by Gasteiger charge is -2.33. The maximum atomic E-state index is 14.9. The number of hydrogen-bond donors (Lipinski definition) is 10. The van der Waals surface area contributed by atoms with Gasteiger partial charge in [-0.1, -0.05) is 120 Å². The summed E-state index contributed by atoms with van der Waals surface area (Å²) in [5.41, 5.74) is 11.8. The maximum Gasteiger partial charge on any atom is 0.245 e. The lowest BCUT2D eigenvalue weighted by molar-refractivity contribution is -0.143. The lowest BCUT2D eigenvalue weighted by atomic mass is 9.84. The van der Waals surface area contributed by atoms with E-state index in [1.54, 1.807) is 0 Å². The monoisotopic (exact) mass is 1210 g/mol. The van der Waals surface area contributed by atoms with Gasteiger partial charge in [-0.15, -0.1) is 0 Å². The molecule has 488 valence electrons. The fourth-order valence-corrected chi connectivity index (χ4v) is 13.5. The number of nitrogens with zero attached hydrogens (tertiary/aromatic N) is 2. The standard InChI is InChI=1S/C64H112N12O10/c1-39(2)33-47-57(79)67-45(25-15-17-29-65)55(77)73-51(35-41(5)6)63(85)76-32-20-28-54(76)62(84)72-50(38-44-23-13-10-14-24-44)60(82)70-48(34-40(3)4)58(80)68-46(26-16-18-30-66)56(78)74-52(36-42(7)8)64(86)75-31-19-27-53(75)61(83)71-49(59(81)69-47)37-43-21-11-9-12-22-43/h39-54H,9-38,65-66H2,1-8H3,(H,67,79)(H,68,80)(H,69,81)(H,70,82)(H,71,83)(H,72,84)(H,73,77)(H,74,78)/t45-,46-,47-,48-,49-,50-,51-,52-,53+,54+/m1/s1. The Labute approximate surface area is 513 Å². The van der Waals surface area contributed by atoms with Crippen LogP contribution in [0.3, 0.4) is 0 Å². The van der Waals surface area contributed by atoms with E-state index >= 15 is 0 Å². The number of carbonyl (C=O) groups is 10. The predicted molar refractivity (Wildman–Crippen MR) is 331 cm³/mol. The molecule has 0 radical (unpaired) electrons. The van der Waals surface area contributed by atoms with Gasteiger partial charge in [-0.05, 0) is 151 Å². The average molecular weight is 1210 g/mol. The van der Waals surface area contributed by atoms with E-state index in [1.807, 2.05) is 55.4 Å². The molecular weight excluding hydrogens is 1100 g/mol. The largest absolute Gasteiger partial charge is 0.343 e. The molecule has 0 aromatic heterocycles. The number of amides is 10. The highest BCUT2D eigenvalue weighted by Gasteiger charge is 2.44. The van der Waals surface area contributed by atoms with Gasteiger partial charge in [-0.3, -0.25) is 47.9 Å². The summed E-state index contributed by atoms with van der Waals surface area (Å²) in [4.78, 5) is 151. The van der Waals surface area contributed by atoms with Crippen LogP contribution < -0.4 is 54.0 Å². The molecule has 0 unspecified atom stereocenters. The van der Waals surface area contributed by atoms with E-state index in [0.29, 0.717) is 77.3 Å². The Morgan fingerprint density at radius 2 is 0.616 bits per heavy atom. The predicted octanol–water partition coefficient (Wildman–Crippen LogP) is 4.24. The van der Waals surface area contributed by atoms with Crippen molar-refractivity contribution < 1.29 is 47.9 Å². The lowest BCUT2D eigenvalue weighted by Crippen LogP contribution is -2.61. The van der Waals surface area contributed by atoms with Crippen molar-refractivity contribution >= 4 is 59.1 Å². The van der Waals surface area contributed by atoms with Gasteiger partial charge in [0, 0.05) is 13.1 Å². The second-order valence-corrected chi connectivity index (χ2v) is 27.4. The van der Waals surface area contributed by atoms with Gasteiger partial charge in [0.2, 0.25) is 59.1 Å². The summed E-state index contributed by atoms with van der Waals surface area (Å²) < 4.78 is 0. The second-order valence-electron chi connectivity index (χ2n) is 27.4. The fraction of sp³-hybridized carbons (Fsp3) is 0.844. The minimum atomic E-state index is -1.14. The van der Waals surface area contributed by atoms with Crippen LogP contribution in [0.2, 0.25) is 0 Å². The molecule has 5 aliphatic rings. The van der Waals surface area contributed by atoms with Crippen molar-refractivity contribution in [3.05, 3.63) is 0 Å². The Balaban J connectivity index is 1.59. The molecule has 2 aliphatic carbocycles. The van der Waals surface area contributed by atoms with E-state index < -0.39 is 119 Å². The summed E-state index contributed by atoms with van der Waals surface area (Å²) in [5.74, 6) is -5.75. The second kappa shape index (κ2) is 36.2. The van der Waals surface area contributed by atoms with Crippen molar-refractivity contribution in [1.29, 1.82) is 0 Å². The molecule has 3 heterocycles. The SMILES string of the molecule is CC(C)C[C@H]1NC(=O)[C@@H](CC2CCCCC2)NC(=O)[C@@H]2CCCN2C(=O)[C@@H](CC(C)C)NC(=O)[C@@H](CCCCN)NC(=O)[C@@H](CC(C)C)NC(=O)[C@@H](CC2CCCCC2)NC(=O)[C@@H]2CCCN2C(=O)[C@@H](CC(C)C)NC(=O)[C@@H](CCCCN)NC1=O. The molecule has 86 heavy (non-hydrogen) atoms. The number of nitrogens with two attached hydrogens (primary N) is 2.